The van der Waals surface area contributed by atoms with E-state index in [0.717, 1.165) is 16.7 Å². The second-order valence-electron chi connectivity index (χ2n) is 5.92. The van der Waals surface area contributed by atoms with Gasteiger partial charge in [-0.2, -0.15) is 0 Å². The number of nitrogens with zero attached hydrogens (tertiary/aromatic N) is 1. The highest BCUT2D eigenvalue weighted by Crippen LogP contribution is 2.30. The summed E-state index contributed by atoms with van der Waals surface area (Å²) >= 11 is 0. The van der Waals surface area contributed by atoms with Crippen LogP contribution in [0.15, 0.2) is 54.6 Å². The van der Waals surface area contributed by atoms with Crippen molar-refractivity contribution in [2.45, 2.75) is 25.4 Å². The monoisotopic (exact) mass is 308 g/mol. The molecule has 0 spiro atoms. The van der Waals surface area contributed by atoms with E-state index in [4.69, 9.17) is 0 Å². The van der Waals surface area contributed by atoms with Crippen molar-refractivity contribution in [3.63, 3.8) is 0 Å². The molecule has 23 heavy (non-hydrogen) atoms. The predicted molar refractivity (Wildman–Crippen MR) is 88.7 cm³/mol. The number of hydrogen-bond donors (Lipinski definition) is 1. The molecule has 2 atom stereocenters. The summed E-state index contributed by atoms with van der Waals surface area (Å²) in [6.07, 6.45) is 0.352. The molecule has 1 aliphatic rings. The Bertz CT molecular complexity index is 727. The SMILES string of the molecule is CC(NC(=O)C1c2ccccc2CC(=O)N1C)c1ccccc1. The van der Waals surface area contributed by atoms with Gasteiger partial charge < -0.3 is 10.2 Å². The molecular formula is C19H20N2O2. The van der Waals surface area contributed by atoms with Crippen molar-refractivity contribution in [2.24, 2.45) is 0 Å². The lowest BCUT2D eigenvalue weighted by Crippen LogP contribution is -2.45. The largest absolute Gasteiger partial charge is 0.347 e. The molecule has 0 saturated carbocycles. The van der Waals surface area contributed by atoms with Crippen LogP contribution in [0.25, 0.3) is 0 Å². The van der Waals surface area contributed by atoms with Crippen LogP contribution in [0.2, 0.25) is 0 Å². The number of fused-ring (bicyclic) bond motifs is 1. The molecule has 0 radical (unpaired) electrons. The molecule has 2 unspecified atom stereocenters. The first-order valence-corrected chi connectivity index (χ1v) is 7.76. The molecular weight excluding hydrogens is 288 g/mol. The van der Waals surface area contributed by atoms with E-state index >= 15 is 0 Å². The van der Waals surface area contributed by atoms with Crippen LogP contribution in [-0.2, 0) is 16.0 Å². The lowest BCUT2D eigenvalue weighted by molar-refractivity contribution is -0.140. The standard InChI is InChI=1S/C19H20N2O2/c1-13(14-8-4-3-5-9-14)20-19(23)18-16-11-7-6-10-15(16)12-17(22)21(18)2/h3-11,13,18H,12H2,1-2H3,(H,20,23). The third-order valence-corrected chi connectivity index (χ3v) is 4.38. The van der Waals surface area contributed by atoms with Gasteiger partial charge in [-0.05, 0) is 23.6 Å². The Kier molecular flexibility index (Phi) is 4.15. The van der Waals surface area contributed by atoms with Crippen LogP contribution < -0.4 is 5.32 Å². The van der Waals surface area contributed by atoms with Crippen molar-refractivity contribution in [2.75, 3.05) is 7.05 Å². The molecule has 2 aromatic carbocycles. The Balaban J connectivity index is 1.85. The molecule has 2 amide bonds. The minimum Gasteiger partial charge on any atom is -0.347 e. The van der Waals surface area contributed by atoms with Gasteiger partial charge >= 0.3 is 0 Å². The maximum Gasteiger partial charge on any atom is 0.247 e. The summed E-state index contributed by atoms with van der Waals surface area (Å²) in [6, 6.07) is 16.8. The number of hydrogen-bond acceptors (Lipinski definition) is 2. The lowest BCUT2D eigenvalue weighted by Gasteiger charge is -2.34. The molecule has 0 aliphatic carbocycles. The zero-order valence-corrected chi connectivity index (χ0v) is 13.3. The Labute approximate surface area is 136 Å². The van der Waals surface area contributed by atoms with Gasteiger partial charge in [-0.1, -0.05) is 54.6 Å². The van der Waals surface area contributed by atoms with Gasteiger partial charge in [0.1, 0.15) is 6.04 Å². The molecule has 3 rings (SSSR count). The zero-order chi connectivity index (χ0) is 16.4. The molecule has 118 valence electrons. The molecule has 1 N–H and O–H groups in total. The van der Waals surface area contributed by atoms with Crippen LogP contribution >= 0.6 is 0 Å². The maximum absolute atomic E-state index is 12.8. The van der Waals surface area contributed by atoms with Crippen molar-refractivity contribution in [1.82, 2.24) is 10.2 Å². The van der Waals surface area contributed by atoms with Crippen LogP contribution in [-0.4, -0.2) is 23.8 Å². The van der Waals surface area contributed by atoms with E-state index in [0.29, 0.717) is 6.42 Å². The highest BCUT2D eigenvalue weighted by Gasteiger charge is 2.35. The van der Waals surface area contributed by atoms with Gasteiger partial charge in [0.05, 0.1) is 12.5 Å². The minimum atomic E-state index is -0.571. The summed E-state index contributed by atoms with van der Waals surface area (Å²) in [5.41, 5.74) is 2.88. The third kappa shape index (κ3) is 2.97. The molecule has 0 aromatic heterocycles. The van der Waals surface area contributed by atoms with Crippen molar-refractivity contribution < 1.29 is 9.59 Å². The number of carbonyl (C=O) groups is 2. The van der Waals surface area contributed by atoms with E-state index in [9.17, 15) is 9.59 Å². The quantitative estimate of drug-likeness (QED) is 0.947. The van der Waals surface area contributed by atoms with Crippen molar-refractivity contribution in [1.29, 1.82) is 0 Å². The lowest BCUT2D eigenvalue weighted by atomic mass is 9.91. The first-order chi connectivity index (χ1) is 11.1. The average molecular weight is 308 g/mol. The number of benzene rings is 2. The van der Waals surface area contributed by atoms with Crippen LogP contribution in [0.1, 0.15) is 35.7 Å². The second-order valence-corrected chi connectivity index (χ2v) is 5.92. The molecule has 4 nitrogen and oxygen atoms in total. The molecule has 1 aliphatic heterocycles. The fraction of sp³-hybridized carbons (Fsp3) is 0.263. The van der Waals surface area contributed by atoms with E-state index in [1.54, 1.807) is 7.05 Å². The smallest absolute Gasteiger partial charge is 0.247 e. The van der Waals surface area contributed by atoms with Crippen LogP contribution in [0.3, 0.4) is 0 Å². The average Bonchev–Trinajstić information content (AvgIpc) is 2.56. The molecule has 1 heterocycles. The van der Waals surface area contributed by atoms with E-state index in [1.165, 1.54) is 4.90 Å². The fourth-order valence-corrected chi connectivity index (χ4v) is 3.04. The molecule has 2 aromatic rings. The van der Waals surface area contributed by atoms with Crippen molar-refractivity contribution in [3.8, 4) is 0 Å². The van der Waals surface area contributed by atoms with Crippen LogP contribution in [0.4, 0.5) is 0 Å². The Morgan fingerprint density at radius 3 is 2.52 bits per heavy atom. The third-order valence-electron chi connectivity index (χ3n) is 4.38. The van der Waals surface area contributed by atoms with Crippen LogP contribution in [0, 0.1) is 0 Å². The normalized spacial score (nSPS) is 18.3. The number of carbonyl (C=O) groups excluding carboxylic acids is 2. The summed E-state index contributed by atoms with van der Waals surface area (Å²) in [5, 5.41) is 3.02. The fourth-order valence-electron chi connectivity index (χ4n) is 3.04. The summed E-state index contributed by atoms with van der Waals surface area (Å²) in [4.78, 5) is 26.5. The van der Waals surface area contributed by atoms with Crippen molar-refractivity contribution >= 4 is 11.8 Å². The van der Waals surface area contributed by atoms with Gasteiger partial charge in [0.25, 0.3) is 0 Å². The van der Waals surface area contributed by atoms with Gasteiger partial charge in [-0.3, -0.25) is 9.59 Å². The summed E-state index contributed by atoms with van der Waals surface area (Å²) < 4.78 is 0. The number of likely N-dealkylation sites (N-methyl/N-ethyl adjacent to an activating group) is 1. The highest BCUT2D eigenvalue weighted by molar-refractivity contribution is 5.92. The first kappa shape index (κ1) is 15.3. The Morgan fingerprint density at radius 2 is 1.78 bits per heavy atom. The second kappa shape index (κ2) is 6.24. The molecule has 0 bridgehead atoms. The van der Waals surface area contributed by atoms with Crippen molar-refractivity contribution in [3.05, 3.63) is 71.3 Å². The summed E-state index contributed by atoms with van der Waals surface area (Å²) in [7, 11) is 1.69. The van der Waals surface area contributed by atoms with Crippen LogP contribution in [0.5, 0.6) is 0 Å². The molecule has 0 fully saturated rings. The predicted octanol–water partition coefficient (Wildman–Crippen LogP) is 2.62. The minimum absolute atomic E-state index is 0.0313. The maximum atomic E-state index is 12.8. The van der Waals surface area contributed by atoms with Gasteiger partial charge in [-0.25, -0.2) is 0 Å². The van der Waals surface area contributed by atoms with E-state index < -0.39 is 6.04 Å². The number of rotatable bonds is 3. The van der Waals surface area contributed by atoms with E-state index in [1.807, 2.05) is 61.5 Å². The summed E-state index contributed by atoms with van der Waals surface area (Å²) in [6.45, 7) is 1.95. The van der Waals surface area contributed by atoms with E-state index in [-0.39, 0.29) is 17.9 Å². The van der Waals surface area contributed by atoms with Gasteiger partial charge in [-0.15, -0.1) is 0 Å². The van der Waals surface area contributed by atoms with Gasteiger partial charge in [0, 0.05) is 7.05 Å². The molecule has 0 saturated heterocycles. The number of nitrogens with one attached hydrogen (secondary N) is 1. The molecule has 4 heteroatoms. The zero-order valence-electron chi connectivity index (χ0n) is 13.3. The Morgan fingerprint density at radius 1 is 1.13 bits per heavy atom. The van der Waals surface area contributed by atoms with E-state index in [2.05, 4.69) is 5.32 Å². The topological polar surface area (TPSA) is 49.4 Å². The first-order valence-electron chi connectivity index (χ1n) is 7.76. The summed E-state index contributed by atoms with van der Waals surface area (Å²) in [5.74, 6) is -0.180. The Hall–Kier alpha value is -2.62. The highest BCUT2D eigenvalue weighted by atomic mass is 16.2. The van der Waals surface area contributed by atoms with Gasteiger partial charge in [0.2, 0.25) is 11.8 Å². The number of amides is 2. The van der Waals surface area contributed by atoms with Gasteiger partial charge in [0.15, 0.2) is 0 Å².